The molecule has 0 saturated carbocycles. The van der Waals surface area contributed by atoms with Gasteiger partial charge in [-0.3, -0.25) is 4.18 Å². The van der Waals surface area contributed by atoms with Gasteiger partial charge in [0.25, 0.3) is 0 Å². The molecular formula is C7H13NO4S. The maximum absolute atomic E-state index is 11.2. The zero-order chi connectivity index (χ0) is 9.64. The smallest absolute Gasteiger partial charge is 0.338 e. The van der Waals surface area contributed by atoms with Crippen LogP contribution in [0.5, 0.6) is 0 Å². The zero-order valence-corrected chi connectivity index (χ0v) is 8.37. The van der Waals surface area contributed by atoms with E-state index in [1.54, 1.807) is 0 Å². The molecule has 2 saturated heterocycles. The molecule has 2 aliphatic heterocycles. The van der Waals surface area contributed by atoms with E-state index in [-0.39, 0.29) is 24.4 Å². The summed E-state index contributed by atoms with van der Waals surface area (Å²) in [5, 5.41) is 0. The topological polar surface area (TPSA) is 67.9 Å². The lowest BCUT2D eigenvalue weighted by Crippen LogP contribution is -2.31. The van der Waals surface area contributed by atoms with Crippen LogP contribution in [0, 0.1) is 5.92 Å². The van der Waals surface area contributed by atoms with E-state index in [0.717, 1.165) is 0 Å². The molecule has 0 bridgehead atoms. The molecule has 0 aliphatic carbocycles. The van der Waals surface area contributed by atoms with Gasteiger partial charge in [-0.1, -0.05) is 13.8 Å². The quantitative estimate of drug-likeness (QED) is 0.614. The van der Waals surface area contributed by atoms with E-state index in [4.69, 9.17) is 8.92 Å². The SMILES string of the molecule is CC(C)C1CC2OC2NS(=O)(=O)O1. The molecule has 2 fully saturated rings. The Balaban J connectivity index is 2.14. The first-order valence-electron chi connectivity index (χ1n) is 4.34. The van der Waals surface area contributed by atoms with E-state index in [9.17, 15) is 8.42 Å². The summed E-state index contributed by atoms with van der Waals surface area (Å²) in [5.74, 6) is 0.180. The van der Waals surface area contributed by atoms with E-state index >= 15 is 0 Å². The second-order valence-corrected chi connectivity index (χ2v) is 5.12. The minimum atomic E-state index is -3.60. The Labute approximate surface area is 77.7 Å². The molecular weight excluding hydrogens is 194 g/mol. The monoisotopic (exact) mass is 207 g/mol. The predicted molar refractivity (Wildman–Crippen MR) is 45.0 cm³/mol. The van der Waals surface area contributed by atoms with E-state index < -0.39 is 10.3 Å². The van der Waals surface area contributed by atoms with Gasteiger partial charge in [0.05, 0.1) is 6.10 Å². The van der Waals surface area contributed by atoms with Gasteiger partial charge in [0.2, 0.25) is 0 Å². The molecule has 13 heavy (non-hydrogen) atoms. The highest BCUT2D eigenvalue weighted by Crippen LogP contribution is 2.32. The Kier molecular flexibility index (Phi) is 2.10. The molecule has 2 heterocycles. The third-order valence-electron chi connectivity index (χ3n) is 2.30. The van der Waals surface area contributed by atoms with Gasteiger partial charge < -0.3 is 4.74 Å². The third kappa shape index (κ3) is 2.01. The van der Waals surface area contributed by atoms with E-state index in [1.807, 2.05) is 13.8 Å². The summed E-state index contributed by atoms with van der Waals surface area (Å²) < 4.78 is 34.8. The highest BCUT2D eigenvalue weighted by Gasteiger charge is 2.47. The van der Waals surface area contributed by atoms with Crippen LogP contribution in [0.15, 0.2) is 0 Å². The zero-order valence-electron chi connectivity index (χ0n) is 7.56. The van der Waals surface area contributed by atoms with Crippen molar-refractivity contribution >= 4 is 10.3 Å². The molecule has 0 aromatic carbocycles. The normalized spacial score (nSPS) is 42.5. The van der Waals surface area contributed by atoms with Crippen molar-refractivity contribution in [2.45, 2.75) is 38.7 Å². The van der Waals surface area contributed by atoms with Crippen LogP contribution in [0.2, 0.25) is 0 Å². The number of epoxide rings is 1. The first kappa shape index (κ1) is 9.39. The van der Waals surface area contributed by atoms with Crippen LogP contribution >= 0.6 is 0 Å². The standard InChI is InChI=1S/C7H13NO4S/c1-4(2)5-3-6-7(11-6)8-13(9,10)12-5/h4-8H,3H2,1-2H3. The summed E-state index contributed by atoms with van der Waals surface area (Å²) in [6.45, 7) is 3.87. The summed E-state index contributed by atoms with van der Waals surface area (Å²) in [7, 11) is -3.60. The molecule has 1 N–H and O–H groups in total. The maximum Gasteiger partial charge on any atom is 0.338 e. The van der Waals surface area contributed by atoms with Gasteiger partial charge in [-0.2, -0.15) is 13.1 Å². The lowest BCUT2D eigenvalue weighted by atomic mass is 10.0. The van der Waals surface area contributed by atoms with Gasteiger partial charge in [-0.25, -0.2) is 0 Å². The molecule has 76 valence electrons. The van der Waals surface area contributed by atoms with Gasteiger partial charge >= 0.3 is 10.3 Å². The molecule has 0 aromatic heterocycles. The molecule has 5 nitrogen and oxygen atoms in total. The van der Waals surface area contributed by atoms with Crippen LogP contribution < -0.4 is 4.72 Å². The summed E-state index contributed by atoms with van der Waals surface area (Å²) in [4.78, 5) is 0. The maximum atomic E-state index is 11.2. The van der Waals surface area contributed by atoms with Crippen molar-refractivity contribution < 1.29 is 17.3 Å². The van der Waals surface area contributed by atoms with Gasteiger partial charge in [0.15, 0.2) is 0 Å². The van der Waals surface area contributed by atoms with Gasteiger partial charge in [0, 0.05) is 6.42 Å². The Morgan fingerprint density at radius 1 is 1.46 bits per heavy atom. The van der Waals surface area contributed by atoms with Crippen molar-refractivity contribution in [3.63, 3.8) is 0 Å². The van der Waals surface area contributed by atoms with E-state index in [2.05, 4.69) is 4.72 Å². The van der Waals surface area contributed by atoms with Crippen LogP contribution in [0.4, 0.5) is 0 Å². The van der Waals surface area contributed by atoms with E-state index in [0.29, 0.717) is 6.42 Å². The highest BCUT2D eigenvalue weighted by atomic mass is 32.2. The summed E-state index contributed by atoms with van der Waals surface area (Å²) in [6, 6.07) is 0. The van der Waals surface area contributed by atoms with Crippen LogP contribution in [0.3, 0.4) is 0 Å². The molecule has 2 rings (SSSR count). The minimum absolute atomic E-state index is 0.00433. The summed E-state index contributed by atoms with van der Waals surface area (Å²) >= 11 is 0. The minimum Gasteiger partial charge on any atom is -0.352 e. The highest BCUT2D eigenvalue weighted by molar-refractivity contribution is 7.84. The second kappa shape index (κ2) is 2.91. The molecule has 0 amide bonds. The fraction of sp³-hybridized carbons (Fsp3) is 1.00. The number of fused-ring (bicyclic) bond motifs is 1. The van der Waals surface area contributed by atoms with Crippen LogP contribution in [-0.2, 0) is 19.2 Å². The lowest BCUT2D eigenvalue weighted by Gasteiger charge is -2.17. The summed E-state index contributed by atoms with van der Waals surface area (Å²) in [6.07, 6.45) is 0.0302. The molecule has 0 radical (unpaired) electrons. The van der Waals surface area contributed by atoms with Crippen LogP contribution in [-0.4, -0.2) is 26.9 Å². The average molecular weight is 207 g/mol. The summed E-state index contributed by atoms with van der Waals surface area (Å²) in [5.41, 5.74) is 0. The Morgan fingerprint density at radius 2 is 2.15 bits per heavy atom. The predicted octanol–water partition coefficient (Wildman–Crippen LogP) is -0.00940. The first-order chi connectivity index (χ1) is 5.98. The van der Waals surface area contributed by atoms with Gasteiger partial charge in [0.1, 0.15) is 12.3 Å². The van der Waals surface area contributed by atoms with E-state index in [1.165, 1.54) is 0 Å². The number of nitrogens with one attached hydrogen (secondary N) is 1. The first-order valence-corrected chi connectivity index (χ1v) is 5.75. The Bertz CT molecular complexity index is 300. The fourth-order valence-corrected chi connectivity index (χ4v) is 2.58. The molecule has 3 unspecified atom stereocenters. The number of ether oxygens (including phenoxy) is 1. The van der Waals surface area contributed by atoms with Gasteiger partial charge in [-0.15, -0.1) is 0 Å². The molecule has 2 aliphatic rings. The molecule has 0 aromatic rings. The molecule has 6 heteroatoms. The van der Waals surface area contributed by atoms with Crippen LogP contribution in [0.25, 0.3) is 0 Å². The second-order valence-electron chi connectivity index (χ2n) is 3.78. The largest absolute Gasteiger partial charge is 0.352 e. The lowest BCUT2D eigenvalue weighted by molar-refractivity contribution is 0.133. The van der Waals surface area contributed by atoms with Crippen molar-refractivity contribution in [2.75, 3.05) is 0 Å². The average Bonchev–Trinajstić information content (AvgIpc) is 2.62. The van der Waals surface area contributed by atoms with Gasteiger partial charge in [-0.05, 0) is 5.92 Å². The van der Waals surface area contributed by atoms with Crippen molar-refractivity contribution in [1.29, 1.82) is 0 Å². The van der Waals surface area contributed by atoms with Crippen molar-refractivity contribution in [3.05, 3.63) is 0 Å². The number of hydrogen-bond donors (Lipinski definition) is 1. The van der Waals surface area contributed by atoms with Crippen molar-refractivity contribution in [3.8, 4) is 0 Å². The molecule has 0 spiro atoms. The van der Waals surface area contributed by atoms with Crippen LogP contribution in [0.1, 0.15) is 20.3 Å². The fourth-order valence-electron chi connectivity index (χ4n) is 1.41. The number of rotatable bonds is 1. The molecule has 3 atom stereocenters. The Morgan fingerprint density at radius 3 is 2.77 bits per heavy atom. The van der Waals surface area contributed by atoms with Crippen molar-refractivity contribution in [2.24, 2.45) is 5.92 Å². The van der Waals surface area contributed by atoms with Crippen molar-refractivity contribution in [1.82, 2.24) is 4.72 Å². The number of hydrogen-bond acceptors (Lipinski definition) is 4. The Hall–Kier alpha value is -0.170. The third-order valence-corrected chi connectivity index (χ3v) is 3.32.